The van der Waals surface area contributed by atoms with Gasteiger partial charge in [-0.1, -0.05) is 20.8 Å². The monoisotopic (exact) mass is 202 g/mol. The molecule has 0 rings (SSSR count). The van der Waals surface area contributed by atoms with Gasteiger partial charge in [-0.25, -0.2) is 4.79 Å². The number of hydrogen-bond donors (Lipinski definition) is 1. The molecule has 0 fully saturated rings. The lowest BCUT2D eigenvalue weighted by Crippen LogP contribution is -2.46. The summed E-state index contributed by atoms with van der Waals surface area (Å²) in [6.45, 7) is 9.56. The zero-order chi connectivity index (χ0) is 11.4. The van der Waals surface area contributed by atoms with E-state index in [9.17, 15) is 9.90 Å². The molecule has 84 valence electrons. The second-order valence-electron chi connectivity index (χ2n) is 4.13. The van der Waals surface area contributed by atoms with Gasteiger partial charge in [0.05, 0.1) is 6.61 Å². The number of esters is 1. The lowest BCUT2D eigenvalue weighted by atomic mass is 9.79. The minimum atomic E-state index is -1.36. The van der Waals surface area contributed by atoms with Crippen LogP contribution in [0.5, 0.6) is 0 Å². The van der Waals surface area contributed by atoms with Crippen molar-refractivity contribution in [1.82, 2.24) is 0 Å². The van der Waals surface area contributed by atoms with Crippen LogP contribution in [0.25, 0.3) is 0 Å². The Balaban J connectivity index is 4.63. The second-order valence-corrected chi connectivity index (χ2v) is 4.13. The molecule has 0 bridgehead atoms. The van der Waals surface area contributed by atoms with Crippen molar-refractivity contribution in [2.75, 3.05) is 6.61 Å². The van der Waals surface area contributed by atoms with Gasteiger partial charge in [-0.2, -0.15) is 0 Å². The lowest BCUT2D eigenvalue weighted by Gasteiger charge is -2.32. The molecule has 3 heteroatoms. The Morgan fingerprint density at radius 3 is 2.21 bits per heavy atom. The van der Waals surface area contributed by atoms with Crippen LogP contribution in [0.15, 0.2) is 0 Å². The zero-order valence-electron chi connectivity index (χ0n) is 9.83. The van der Waals surface area contributed by atoms with Crippen molar-refractivity contribution in [2.45, 2.75) is 46.6 Å². The summed E-state index contributed by atoms with van der Waals surface area (Å²) in [7, 11) is 0. The Bertz CT molecular complexity index is 185. The van der Waals surface area contributed by atoms with Crippen molar-refractivity contribution in [3.05, 3.63) is 0 Å². The smallest absolute Gasteiger partial charge is 0.338 e. The van der Waals surface area contributed by atoms with Crippen LogP contribution in [0.2, 0.25) is 0 Å². The maximum Gasteiger partial charge on any atom is 0.338 e. The summed E-state index contributed by atoms with van der Waals surface area (Å²) in [6.07, 6.45) is 0.767. The predicted molar refractivity (Wildman–Crippen MR) is 55.9 cm³/mol. The number of carbonyl (C=O) groups is 1. The highest BCUT2D eigenvalue weighted by atomic mass is 16.5. The Kier molecular flexibility index (Phi) is 5.13. The second kappa shape index (κ2) is 5.35. The van der Waals surface area contributed by atoms with Gasteiger partial charge in [0.25, 0.3) is 0 Å². The van der Waals surface area contributed by atoms with Crippen molar-refractivity contribution in [2.24, 2.45) is 11.8 Å². The summed E-state index contributed by atoms with van der Waals surface area (Å²) in [5.74, 6) is -0.304. The molecule has 0 spiro atoms. The summed E-state index contributed by atoms with van der Waals surface area (Å²) >= 11 is 0. The van der Waals surface area contributed by atoms with Crippen LogP contribution >= 0.6 is 0 Å². The zero-order valence-corrected chi connectivity index (χ0v) is 9.83. The number of rotatable bonds is 5. The highest BCUT2D eigenvalue weighted by Gasteiger charge is 2.41. The van der Waals surface area contributed by atoms with Gasteiger partial charge in [-0.15, -0.1) is 0 Å². The van der Waals surface area contributed by atoms with Crippen molar-refractivity contribution in [1.29, 1.82) is 0 Å². The third-order valence-electron chi connectivity index (χ3n) is 2.66. The van der Waals surface area contributed by atoms with Gasteiger partial charge >= 0.3 is 5.97 Å². The molecule has 0 radical (unpaired) electrons. The van der Waals surface area contributed by atoms with E-state index < -0.39 is 11.6 Å². The summed E-state index contributed by atoms with van der Waals surface area (Å²) in [4.78, 5) is 11.5. The molecule has 0 aromatic carbocycles. The maximum atomic E-state index is 11.5. The SMILES string of the molecule is CCOC(=O)C(C)(O)C(CC)C(C)C. The van der Waals surface area contributed by atoms with Gasteiger partial charge in [0.2, 0.25) is 0 Å². The summed E-state index contributed by atoms with van der Waals surface area (Å²) in [5.41, 5.74) is -1.36. The Hall–Kier alpha value is -0.570. The van der Waals surface area contributed by atoms with Gasteiger partial charge < -0.3 is 9.84 Å². The highest BCUT2D eigenvalue weighted by Crippen LogP contribution is 2.28. The van der Waals surface area contributed by atoms with Crippen LogP contribution in [0.1, 0.15) is 41.0 Å². The molecule has 0 aromatic heterocycles. The van der Waals surface area contributed by atoms with E-state index in [-0.39, 0.29) is 11.8 Å². The average Bonchev–Trinajstić information content (AvgIpc) is 2.04. The summed E-state index contributed by atoms with van der Waals surface area (Å²) in [6, 6.07) is 0. The molecule has 3 nitrogen and oxygen atoms in total. The first-order valence-electron chi connectivity index (χ1n) is 5.27. The van der Waals surface area contributed by atoms with Gasteiger partial charge in [-0.3, -0.25) is 0 Å². The number of hydrogen-bond acceptors (Lipinski definition) is 3. The third kappa shape index (κ3) is 2.98. The van der Waals surface area contributed by atoms with Gasteiger partial charge in [0.15, 0.2) is 5.60 Å². The van der Waals surface area contributed by atoms with Crippen LogP contribution in [-0.2, 0) is 9.53 Å². The van der Waals surface area contributed by atoms with E-state index in [0.29, 0.717) is 6.61 Å². The topological polar surface area (TPSA) is 46.5 Å². The van der Waals surface area contributed by atoms with Crippen LogP contribution < -0.4 is 0 Å². The molecule has 14 heavy (non-hydrogen) atoms. The van der Waals surface area contributed by atoms with Crippen molar-refractivity contribution in [3.8, 4) is 0 Å². The summed E-state index contributed by atoms with van der Waals surface area (Å²) in [5, 5.41) is 10.1. The van der Waals surface area contributed by atoms with Crippen molar-refractivity contribution >= 4 is 5.97 Å². The van der Waals surface area contributed by atoms with E-state index in [1.165, 1.54) is 0 Å². The van der Waals surface area contributed by atoms with Crippen LogP contribution in [0, 0.1) is 11.8 Å². The molecule has 0 saturated carbocycles. The van der Waals surface area contributed by atoms with Gasteiger partial charge in [-0.05, 0) is 26.2 Å². The van der Waals surface area contributed by atoms with Crippen molar-refractivity contribution < 1.29 is 14.6 Å². The minimum absolute atomic E-state index is 0.0541. The molecule has 0 saturated heterocycles. The first-order chi connectivity index (χ1) is 6.37. The lowest BCUT2D eigenvalue weighted by molar-refractivity contribution is -0.171. The predicted octanol–water partition coefficient (Wildman–Crippen LogP) is 1.98. The van der Waals surface area contributed by atoms with Crippen LogP contribution in [0.4, 0.5) is 0 Å². The molecular weight excluding hydrogens is 180 g/mol. The highest BCUT2D eigenvalue weighted by molar-refractivity contribution is 5.79. The standard InChI is InChI=1S/C11H22O3/c1-6-9(8(3)4)11(5,13)10(12)14-7-2/h8-9,13H,6-7H2,1-5H3. The first-order valence-corrected chi connectivity index (χ1v) is 5.27. The van der Waals surface area contributed by atoms with Crippen LogP contribution in [0.3, 0.4) is 0 Å². The molecule has 0 aromatic rings. The summed E-state index contributed by atoms with van der Waals surface area (Å²) < 4.78 is 4.85. The average molecular weight is 202 g/mol. The Labute approximate surface area is 86.5 Å². The molecule has 0 heterocycles. The quantitative estimate of drug-likeness (QED) is 0.693. The van der Waals surface area contributed by atoms with E-state index in [1.807, 2.05) is 20.8 Å². The first kappa shape index (κ1) is 13.4. The molecule has 2 atom stereocenters. The fraction of sp³-hybridized carbons (Fsp3) is 0.909. The van der Waals surface area contributed by atoms with Crippen LogP contribution in [-0.4, -0.2) is 23.3 Å². The molecule has 0 amide bonds. The molecule has 0 aliphatic rings. The molecule has 0 aliphatic heterocycles. The van der Waals surface area contributed by atoms with E-state index in [4.69, 9.17) is 4.74 Å². The number of ether oxygens (including phenoxy) is 1. The Morgan fingerprint density at radius 2 is 1.93 bits per heavy atom. The molecule has 1 N–H and O–H groups in total. The van der Waals surface area contributed by atoms with E-state index in [0.717, 1.165) is 6.42 Å². The van der Waals surface area contributed by atoms with Gasteiger partial charge in [0.1, 0.15) is 0 Å². The third-order valence-corrected chi connectivity index (χ3v) is 2.66. The Morgan fingerprint density at radius 1 is 1.43 bits per heavy atom. The van der Waals surface area contributed by atoms with Gasteiger partial charge in [0, 0.05) is 5.92 Å². The molecular formula is C11H22O3. The maximum absolute atomic E-state index is 11.5. The number of aliphatic hydroxyl groups is 1. The fourth-order valence-corrected chi connectivity index (χ4v) is 1.95. The largest absolute Gasteiger partial charge is 0.464 e. The molecule has 2 unspecified atom stereocenters. The fourth-order valence-electron chi connectivity index (χ4n) is 1.95. The minimum Gasteiger partial charge on any atom is -0.464 e. The van der Waals surface area contributed by atoms with E-state index >= 15 is 0 Å². The molecule has 0 aliphatic carbocycles. The van der Waals surface area contributed by atoms with E-state index in [2.05, 4.69) is 0 Å². The normalized spacial score (nSPS) is 17.6. The number of carbonyl (C=O) groups excluding carboxylic acids is 1. The van der Waals surface area contributed by atoms with Crippen molar-refractivity contribution in [3.63, 3.8) is 0 Å². The van der Waals surface area contributed by atoms with E-state index in [1.54, 1.807) is 13.8 Å².